The van der Waals surface area contributed by atoms with E-state index in [4.69, 9.17) is 28.2 Å². The van der Waals surface area contributed by atoms with Crippen LogP contribution >= 0.6 is 0 Å². The van der Waals surface area contributed by atoms with Gasteiger partial charge in [0.05, 0.1) is 33.6 Å². The van der Waals surface area contributed by atoms with Gasteiger partial charge in [-0.15, -0.1) is 0 Å². The molecule has 0 saturated carbocycles. The number of benzene rings is 21. The summed E-state index contributed by atoms with van der Waals surface area (Å²) in [6.45, 7) is 0. The molecule has 27 rings (SSSR count). The van der Waals surface area contributed by atoms with E-state index < -0.39 is 0 Å². The lowest BCUT2D eigenvalue weighted by molar-refractivity contribution is 0.669. The van der Waals surface area contributed by atoms with E-state index in [1.54, 1.807) is 0 Å². The fourth-order valence-corrected chi connectivity index (χ4v) is 19.8. The Hall–Kier alpha value is -17.2. The Morgan fingerprint density at radius 2 is 0.349 bits per heavy atom. The molecule has 0 fully saturated rings. The average molecular weight is 1640 g/mol. The molecule has 0 unspecified atom stereocenters. The van der Waals surface area contributed by atoms with E-state index in [9.17, 15) is 0 Å². The van der Waals surface area contributed by atoms with Crippen molar-refractivity contribution in [2.45, 2.75) is 0 Å². The number of aromatic nitrogens is 3. The van der Waals surface area contributed by atoms with Gasteiger partial charge in [-0.3, -0.25) is 0 Å². The van der Waals surface area contributed by atoms with Crippen molar-refractivity contribution in [1.29, 1.82) is 0 Å². The van der Waals surface area contributed by atoms with E-state index in [2.05, 4.69) is 419 Å². The first-order chi connectivity index (χ1) is 63.9. The Kier molecular flexibility index (Phi) is 17.9. The molecule has 0 saturated heterocycles. The Labute approximate surface area is 741 Å². The molecule has 129 heavy (non-hydrogen) atoms. The van der Waals surface area contributed by atoms with E-state index >= 15 is 0 Å². The quantitative estimate of drug-likeness (QED) is 0.134. The van der Waals surface area contributed by atoms with Crippen molar-refractivity contribution in [2.24, 2.45) is 0 Å². The van der Waals surface area contributed by atoms with Gasteiger partial charge in [0.1, 0.15) is 33.5 Å². The first kappa shape index (κ1) is 74.4. The monoisotopic (exact) mass is 1640 g/mol. The number of pyridine rings is 3. The molecule has 6 heteroatoms. The van der Waals surface area contributed by atoms with Crippen molar-refractivity contribution in [3.05, 3.63) is 455 Å². The van der Waals surface area contributed by atoms with Crippen LogP contribution < -0.4 is 0 Å². The summed E-state index contributed by atoms with van der Waals surface area (Å²) >= 11 is 0. The van der Waals surface area contributed by atoms with Crippen LogP contribution in [0, 0.1) is 0 Å². The van der Waals surface area contributed by atoms with Crippen LogP contribution in [0.15, 0.2) is 468 Å². The van der Waals surface area contributed by atoms with Crippen molar-refractivity contribution < 1.29 is 13.3 Å². The van der Waals surface area contributed by atoms with E-state index in [1.165, 1.54) is 114 Å². The van der Waals surface area contributed by atoms with E-state index in [0.717, 1.165) is 150 Å². The van der Waals surface area contributed by atoms with Gasteiger partial charge in [0, 0.05) is 98.0 Å². The van der Waals surface area contributed by atoms with Gasteiger partial charge in [0.15, 0.2) is 0 Å². The number of para-hydroxylation sites is 6. The minimum Gasteiger partial charge on any atom is -0.455 e. The van der Waals surface area contributed by atoms with Crippen molar-refractivity contribution >= 4 is 163 Å². The lowest BCUT2D eigenvalue weighted by Crippen LogP contribution is -1.90. The van der Waals surface area contributed by atoms with Crippen LogP contribution in [0.2, 0.25) is 0 Å². The molecule has 0 aliphatic rings. The Morgan fingerprint density at radius 1 is 0.124 bits per heavy atom. The molecule has 0 atom stereocenters. The van der Waals surface area contributed by atoms with Crippen LogP contribution in [-0.4, -0.2) is 15.0 Å². The van der Waals surface area contributed by atoms with E-state index in [-0.39, 0.29) is 0 Å². The predicted molar refractivity (Wildman–Crippen MR) is 541 cm³/mol. The van der Waals surface area contributed by atoms with Gasteiger partial charge < -0.3 is 13.3 Å². The topological polar surface area (TPSA) is 78.1 Å². The molecule has 6 heterocycles. The first-order valence-corrected chi connectivity index (χ1v) is 43.9. The molecule has 600 valence electrons. The van der Waals surface area contributed by atoms with Crippen molar-refractivity contribution in [3.63, 3.8) is 0 Å². The van der Waals surface area contributed by atoms with E-state index in [0.29, 0.717) is 0 Å². The zero-order valence-electron chi connectivity index (χ0n) is 69.9. The third kappa shape index (κ3) is 12.9. The van der Waals surface area contributed by atoms with Crippen LogP contribution in [0.1, 0.15) is 0 Å². The lowest BCUT2D eigenvalue weighted by atomic mass is 9.93. The molecular formula is C123H75N3O3. The maximum absolute atomic E-state index is 6.36. The van der Waals surface area contributed by atoms with Crippen LogP contribution in [0.25, 0.3) is 264 Å². The summed E-state index contributed by atoms with van der Waals surface area (Å²) in [5, 5.41) is 24.9. The molecular weight excluding hydrogens is 1570 g/mol. The Morgan fingerprint density at radius 3 is 0.721 bits per heavy atom. The molecule has 0 N–H and O–H groups in total. The number of nitrogens with zero attached hydrogens (tertiary/aromatic N) is 3. The summed E-state index contributed by atoms with van der Waals surface area (Å²) in [7, 11) is 0. The molecule has 0 aliphatic carbocycles. The van der Waals surface area contributed by atoms with Crippen LogP contribution in [0.5, 0.6) is 0 Å². The van der Waals surface area contributed by atoms with Gasteiger partial charge in [0.25, 0.3) is 0 Å². The number of rotatable bonds is 9. The third-order valence-corrected chi connectivity index (χ3v) is 26.0. The minimum absolute atomic E-state index is 0.909. The average Bonchev–Trinajstić information content (AvgIpc) is 1.69. The predicted octanol–water partition coefficient (Wildman–Crippen LogP) is 34.3. The second-order valence-corrected chi connectivity index (χ2v) is 33.4. The minimum atomic E-state index is 0.909. The molecule has 0 radical (unpaired) electrons. The van der Waals surface area contributed by atoms with Crippen molar-refractivity contribution in [2.75, 3.05) is 0 Å². The second-order valence-electron chi connectivity index (χ2n) is 33.4. The molecule has 27 aromatic rings. The fourth-order valence-electron chi connectivity index (χ4n) is 19.8. The van der Waals surface area contributed by atoms with Gasteiger partial charge >= 0.3 is 0 Å². The second kappa shape index (κ2) is 30.9. The molecule has 6 nitrogen and oxygen atoms in total. The fraction of sp³-hybridized carbons (Fsp3) is 0. The zero-order valence-corrected chi connectivity index (χ0v) is 69.9. The molecule has 0 spiro atoms. The summed E-state index contributed by atoms with van der Waals surface area (Å²) in [5.41, 5.74) is 28.5. The molecule has 21 aromatic carbocycles. The highest BCUT2D eigenvalue weighted by molar-refractivity contribution is 6.28. The smallest absolute Gasteiger partial charge is 0.143 e. The highest BCUT2D eigenvalue weighted by Gasteiger charge is 2.22. The number of hydrogen-bond acceptors (Lipinski definition) is 6. The highest BCUT2D eigenvalue weighted by atomic mass is 16.3. The summed E-state index contributed by atoms with van der Waals surface area (Å²) in [6.07, 6.45) is 0. The SMILES string of the molecule is c1ccc(-c2ccc3c(c2)c2ccccc2c2nc(-c4cccc(-c5cccc6c5oc5ccccc56)c4)ccc32)cc1.c1ccc(-c2ccc3c4ccccc4c4ccc(-c5cccc(-c6cccc7c6oc6ccccc67)c5)nc4c3c2)cc1.c1ccc(-c2ccc3c4ccccc4c4nc(-c5cccc(-c6cccc7c6oc6ccccc67)c5)ccc4c3c2)cc1. The first-order valence-electron chi connectivity index (χ1n) is 43.9. The lowest BCUT2D eigenvalue weighted by Gasteiger charge is -2.13. The van der Waals surface area contributed by atoms with Crippen LogP contribution in [-0.2, 0) is 0 Å². The molecule has 0 amide bonds. The Balaban J connectivity index is 0.000000105. The number of furan rings is 3. The van der Waals surface area contributed by atoms with Gasteiger partial charge in [-0.25, -0.2) is 15.0 Å². The van der Waals surface area contributed by atoms with Gasteiger partial charge in [-0.1, -0.05) is 364 Å². The van der Waals surface area contributed by atoms with Crippen LogP contribution in [0.3, 0.4) is 0 Å². The standard InChI is InChI=1S/3C41H25NO/c1-2-10-26(11-3-1)27-20-21-32-35-22-23-38(42-40(35)34-16-5-4-14-31(34)37(32)25-27)29-13-8-12-28(24-29)30-17-9-18-36-33-15-6-7-19-39(33)43-41(30)36;1-2-10-26(11-3-1)27-20-21-32-31-14-4-5-16-34(31)40-35(37(32)25-27)22-23-38(42-40)29-13-8-12-28(24-29)30-17-9-18-36-33-15-6-7-19-39(33)43-41(30)36;1-2-10-26(11-3-1)27-20-21-33-31-14-4-5-15-32(31)35-22-23-38(42-40(35)37(33)25-27)29-13-8-12-28(24-29)30-17-9-18-36-34-16-6-7-19-39(34)43-41(30)36/h3*1-25H. The molecule has 0 aliphatic heterocycles. The maximum atomic E-state index is 6.36. The molecule has 0 bridgehead atoms. The number of fused-ring (bicyclic) bond motifs is 27. The Bertz CT molecular complexity index is 9170. The van der Waals surface area contributed by atoms with E-state index in [1.807, 2.05) is 36.4 Å². The maximum Gasteiger partial charge on any atom is 0.143 e. The highest BCUT2D eigenvalue weighted by Crippen LogP contribution is 2.46. The van der Waals surface area contributed by atoms with Gasteiger partial charge in [-0.05, 0) is 190 Å². The summed E-state index contributed by atoms with van der Waals surface area (Å²) in [4.78, 5) is 16.0. The van der Waals surface area contributed by atoms with Crippen molar-refractivity contribution in [1.82, 2.24) is 15.0 Å². The summed E-state index contributed by atoms with van der Waals surface area (Å²) in [6, 6.07) is 161. The largest absolute Gasteiger partial charge is 0.455 e. The summed E-state index contributed by atoms with van der Waals surface area (Å²) < 4.78 is 19.1. The summed E-state index contributed by atoms with van der Waals surface area (Å²) in [5.74, 6) is 0. The zero-order chi connectivity index (χ0) is 85.0. The number of hydrogen-bond donors (Lipinski definition) is 0. The third-order valence-electron chi connectivity index (χ3n) is 26.0. The van der Waals surface area contributed by atoms with Crippen LogP contribution in [0.4, 0.5) is 0 Å². The van der Waals surface area contributed by atoms with Gasteiger partial charge in [-0.2, -0.15) is 0 Å². The van der Waals surface area contributed by atoms with Gasteiger partial charge in [0.2, 0.25) is 0 Å². The van der Waals surface area contributed by atoms with Crippen molar-refractivity contribution in [3.8, 4) is 101 Å². The normalized spacial score (nSPS) is 11.7. The molecule has 6 aromatic heterocycles.